The Morgan fingerprint density at radius 1 is 1.00 bits per heavy atom. The van der Waals surface area contributed by atoms with Crippen LogP contribution < -0.4 is 19.1 Å². The normalized spacial score (nSPS) is 19.3. The Hall–Kier alpha value is -2.28. The Labute approximate surface area is 159 Å². The fourth-order valence-corrected chi connectivity index (χ4v) is 4.50. The fourth-order valence-electron chi connectivity index (χ4n) is 4.50. The van der Waals surface area contributed by atoms with Gasteiger partial charge in [-0.1, -0.05) is 0 Å². The summed E-state index contributed by atoms with van der Waals surface area (Å²) >= 11 is 0. The first-order chi connectivity index (χ1) is 13.2. The van der Waals surface area contributed by atoms with Gasteiger partial charge >= 0.3 is 0 Å². The van der Waals surface area contributed by atoms with Crippen LogP contribution in [0.3, 0.4) is 0 Å². The number of benzene rings is 1. The molecule has 0 atom stereocenters. The molecule has 0 bridgehead atoms. The van der Waals surface area contributed by atoms with Crippen molar-refractivity contribution < 1.29 is 18.9 Å². The van der Waals surface area contributed by atoms with Crippen molar-refractivity contribution in [3.8, 4) is 17.2 Å². The summed E-state index contributed by atoms with van der Waals surface area (Å²) in [6, 6.07) is 1.96. The van der Waals surface area contributed by atoms with Gasteiger partial charge in [0.2, 0.25) is 5.75 Å². The maximum absolute atomic E-state index is 5.61. The molecule has 0 radical (unpaired) electrons. The van der Waals surface area contributed by atoms with Crippen LogP contribution in [-0.2, 0) is 4.74 Å². The summed E-state index contributed by atoms with van der Waals surface area (Å²) in [6.07, 6.45) is 6.27. The SMILES string of the molecule is COc1cc2c(N3CCCC4(CCOCC4)C3)ncnc2c(OC)c1OC. The second-order valence-corrected chi connectivity index (χ2v) is 7.38. The van der Waals surface area contributed by atoms with Crippen LogP contribution in [0.5, 0.6) is 17.2 Å². The van der Waals surface area contributed by atoms with Crippen molar-refractivity contribution in [1.82, 2.24) is 9.97 Å². The number of nitrogens with zero attached hydrogens (tertiary/aromatic N) is 3. The van der Waals surface area contributed by atoms with Crippen molar-refractivity contribution >= 4 is 16.7 Å². The third kappa shape index (κ3) is 3.14. The second-order valence-electron chi connectivity index (χ2n) is 7.38. The van der Waals surface area contributed by atoms with Crippen molar-refractivity contribution in [3.63, 3.8) is 0 Å². The number of aromatic nitrogens is 2. The average molecular weight is 373 g/mol. The largest absolute Gasteiger partial charge is 0.493 e. The van der Waals surface area contributed by atoms with E-state index in [9.17, 15) is 0 Å². The number of hydrogen-bond donors (Lipinski definition) is 0. The standard InChI is InChI=1S/C20H27N3O4/c1-24-15-11-14-16(18(26-3)17(15)25-2)21-13-22-19(14)23-8-4-5-20(12-23)6-9-27-10-7-20/h11,13H,4-10,12H2,1-3H3. The van der Waals surface area contributed by atoms with E-state index in [0.717, 1.165) is 62.3 Å². The lowest BCUT2D eigenvalue weighted by Crippen LogP contribution is -2.46. The molecule has 0 amide bonds. The van der Waals surface area contributed by atoms with Crippen LogP contribution in [0.2, 0.25) is 0 Å². The first kappa shape index (κ1) is 18.1. The van der Waals surface area contributed by atoms with Crippen molar-refractivity contribution in [2.45, 2.75) is 25.7 Å². The van der Waals surface area contributed by atoms with Gasteiger partial charge < -0.3 is 23.8 Å². The molecule has 2 fully saturated rings. The Kier molecular flexibility index (Phi) is 4.95. The summed E-state index contributed by atoms with van der Waals surface area (Å²) in [6.45, 7) is 3.71. The van der Waals surface area contributed by atoms with Crippen LogP contribution in [-0.4, -0.2) is 57.6 Å². The van der Waals surface area contributed by atoms with Crippen LogP contribution >= 0.6 is 0 Å². The molecule has 7 heteroatoms. The maximum atomic E-state index is 5.61. The summed E-state index contributed by atoms with van der Waals surface area (Å²) in [5.74, 6) is 2.69. The van der Waals surface area contributed by atoms with E-state index in [1.165, 1.54) is 6.42 Å². The third-order valence-corrected chi connectivity index (χ3v) is 5.93. The highest BCUT2D eigenvalue weighted by Crippen LogP contribution is 2.46. The molecule has 1 spiro atoms. The molecule has 1 aromatic carbocycles. The second kappa shape index (κ2) is 7.38. The molecule has 146 valence electrons. The number of methoxy groups -OCH3 is 3. The summed E-state index contributed by atoms with van der Waals surface area (Å²) in [4.78, 5) is 11.5. The average Bonchev–Trinajstić information content (AvgIpc) is 2.72. The van der Waals surface area contributed by atoms with Gasteiger partial charge in [0, 0.05) is 26.3 Å². The zero-order valence-corrected chi connectivity index (χ0v) is 16.3. The van der Waals surface area contributed by atoms with Gasteiger partial charge in [0.1, 0.15) is 17.7 Å². The van der Waals surface area contributed by atoms with Crippen LogP contribution in [0.1, 0.15) is 25.7 Å². The van der Waals surface area contributed by atoms with Gasteiger partial charge in [-0.15, -0.1) is 0 Å². The van der Waals surface area contributed by atoms with E-state index in [4.69, 9.17) is 18.9 Å². The van der Waals surface area contributed by atoms with Crippen LogP contribution in [0, 0.1) is 5.41 Å². The number of piperidine rings is 1. The predicted molar refractivity (Wildman–Crippen MR) is 103 cm³/mol. The number of fused-ring (bicyclic) bond motifs is 1. The first-order valence-corrected chi connectivity index (χ1v) is 9.48. The molecular weight excluding hydrogens is 346 g/mol. The monoisotopic (exact) mass is 373 g/mol. The van der Waals surface area contributed by atoms with Gasteiger partial charge in [0.15, 0.2) is 11.5 Å². The number of anilines is 1. The molecule has 2 saturated heterocycles. The van der Waals surface area contributed by atoms with E-state index in [1.807, 2.05) is 6.07 Å². The molecule has 0 unspecified atom stereocenters. The molecule has 1 aromatic heterocycles. The van der Waals surface area contributed by atoms with Gasteiger partial charge in [0.05, 0.1) is 26.7 Å². The fraction of sp³-hybridized carbons (Fsp3) is 0.600. The summed E-state index contributed by atoms with van der Waals surface area (Å²) < 4.78 is 22.3. The predicted octanol–water partition coefficient (Wildman–Crippen LogP) is 3.05. The molecule has 3 heterocycles. The lowest BCUT2D eigenvalue weighted by molar-refractivity contribution is 0.00750. The van der Waals surface area contributed by atoms with Crippen molar-refractivity contribution in [2.24, 2.45) is 5.41 Å². The Bertz CT molecular complexity index is 815. The van der Waals surface area contributed by atoms with Gasteiger partial charge in [-0.25, -0.2) is 9.97 Å². The highest BCUT2D eigenvalue weighted by Gasteiger charge is 2.38. The Morgan fingerprint density at radius 3 is 2.48 bits per heavy atom. The van der Waals surface area contributed by atoms with Crippen LogP contribution in [0.4, 0.5) is 5.82 Å². The van der Waals surface area contributed by atoms with E-state index < -0.39 is 0 Å². The topological polar surface area (TPSA) is 65.9 Å². The van der Waals surface area contributed by atoms with Gasteiger partial charge in [-0.2, -0.15) is 0 Å². The highest BCUT2D eigenvalue weighted by atomic mass is 16.5. The molecule has 0 aliphatic carbocycles. The molecule has 2 aliphatic heterocycles. The van der Waals surface area contributed by atoms with E-state index in [0.29, 0.717) is 22.7 Å². The van der Waals surface area contributed by atoms with Crippen molar-refractivity contribution in [2.75, 3.05) is 52.5 Å². The Morgan fingerprint density at radius 2 is 1.78 bits per heavy atom. The summed E-state index contributed by atoms with van der Waals surface area (Å²) in [7, 11) is 4.86. The van der Waals surface area contributed by atoms with E-state index in [2.05, 4.69) is 14.9 Å². The van der Waals surface area contributed by atoms with Gasteiger partial charge in [-0.05, 0) is 37.2 Å². The zero-order chi connectivity index (χ0) is 18.9. The van der Waals surface area contributed by atoms with E-state index in [1.54, 1.807) is 27.7 Å². The van der Waals surface area contributed by atoms with Crippen molar-refractivity contribution in [3.05, 3.63) is 12.4 Å². The molecular formula is C20H27N3O4. The number of ether oxygens (including phenoxy) is 4. The van der Waals surface area contributed by atoms with E-state index in [-0.39, 0.29) is 0 Å². The number of rotatable bonds is 4. The third-order valence-electron chi connectivity index (χ3n) is 5.93. The smallest absolute Gasteiger partial charge is 0.205 e. The molecule has 4 rings (SSSR count). The molecule has 2 aromatic rings. The molecule has 7 nitrogen and oxygen atoms in total. The summed E-state index contributed by atoms with van der Waals surface area (Å²) in [5, 5.41) is 0.927. The van der Waals surface area contributed by atoms with Gasteiger partial charge in [-0.3, -0.25) is 0 Å². The lowest BCUT2D eigenvalue weighted by atomic mass is 9.74. The van der Waals surface area contributed by atoms with Gasteiger partial charge in [0.25, 0.3) is 0 Å². The Balaban J connectivity index is 1.80. The minimum absolute atomic E-state index is 0.328. The minimum Gasteiger partial charge on any atom is -0.493 e. The van der Waals surface area contributed by atoms with Crippen LogP contribution in [0.25, 0.3) is 10.9 Å². The lowest BCUT2D eigenvalue weighted by Gasteiger charge is -2.45. The maximum Gasteiger partial charge on any atom is 0.205 e. The van der Waals surface area contributed by atoms with Crippen molar-refractivity contribution in [1.29, 1.82) is 0 Å². The molecule has 2 aliphatic rings. The van der Waals surface area contributed by atoms with Crippen LogP contribution in [0.15, 0.2) is 12.4 Å². The van der Waals surface area contributed by atoms with E-state index >= 15 is 0 Å². The quantitative estimate of drug-likeness (QED) is 0.816. The molecule has 27 heavy (non-hydrogen) atoms. The molecule has 0 N–H and O–H groups in total. The minimum atomic E-state index is 0.328. The molecule has 0 saturated carbocycles. The number of hydrogen-bond acceptors (Lipinski definition) is 7. The highest BCUT2D eigenvalue weighted by molar-refractivity contribution is 5.97. The zero-order valence-electron chi connectivity index (χ0n) is 16.3. The summed E-state index contributed by atoms with van der Waals surface area (Å²) in [5.41, 5.74) is 1.07. The first-order valence-electron chi connectivity index (χ1n) is 9.48.